The van der Waals surface area contributed by atoms with Gasteiger partial charge in [-0.2, -0.15) is 0 Å². The van der Waals surface area contributed by atoms with Crippen molar-refractivity contribution in [3.05, 3.63) is 70.7 Å². The summed E-state index contributed by atoms with van der Waals surface area (Å²) < 4.78 is 10.00. The zero-order valence-corrected chi connectivity index (χ0v) is 16.2. The van der Waals surface area contributed by atoms with E-state index in [1.54, 1.807) is 24.3 Å². The maximum absolute atomic E-state index is 12.3. The Morgan fingerprint density at radius 1 is 1.07 bits per heavy atom. The summed E-state index contributed by atoms with van der Waals surface area (Å²) in [7, 11) is 1.42. The monoisotopic (exact) mass is 406 g/mol. The Balaban J connectivity index is 1.84. The van der Waals surface area contributed by atoms with Crippen molar-refractivity contribution in [1.29, 1.82) is 0 Å². The number of nitrogens with one attached hydrogen (secondary N) is 2. The van der Waals surface area contributed by atoms with Crippen molar-refractivity contribution >= 4 is 23.6 Å². The molecule has 2 aromatic rings. The molecule has 0 bridgehead atoms. The molecule has 0 unspecified atom stereocenters. The molecule has 0 heterocycles. The third-order valence-electron chi connectivity index (χ3n) is 3.89. The molecule has 0 aliphatic heterocycles. The third kappa shape index (κ3) is 6.84. The molecule has 2 rings (SSSR count). The lowest BCUT2D eigenvalue weighted by Crippen LogP contribution is -2.49. The predicted molar refractivity (Wildman–Crippen MR) is 105 cm³/mol. The van der Waals surface area contributed by atoms with Gasteiger partial charge in [0.2, 0.25) is 5.91 Å². The van der Waals surface area contributed by atoms with Crippen molar-refractivity contribution < 1.29 is 24.2 Å². The smallest absolute Gasteiger partial charge is 0.407 e. The second kappa shape index (κ2) is 11.3. The molecule has 2 aromatic carbocycles. The molecule has 150 valence electrons. The number of amides is 2. The highest BCUT2D eigenvalue weighted by molar-refractivity contribution is 6.31. The molecule has 0 aliphatic carbocycles. The lowest BCUT2D eigenvalue weighted by atomic mass is 10.1. The van der Waals surface area contributed by atoms with Crippen molar-refractivity contribution in [2.75, 3.05) is 20.3 Å². The van der Waals surface area contributed by atoms with E-state index in [1.807, 2.05) is 30.3 Å². The van der Waals surface area contributed by atoms with Gasteiger partial charge in [-0.05, 0) is 11.6 Å². The number of carbonyl (C=O) groups excluding carboxylic acids is 2. The van der Waals surface area contributed by atoms with E-state index in [-0.39, 0.29) is 13.2 Å². The highest BCUT2D eigenvalue weighted by Gasteiger charge is 2.22. The first kappa shape index (κ1) is 21.7. The summed E-state index contributed by atoms with van der Waals surface area (Å²) in [6.45, 7) is -0.00840. The summed E-state index contributed by atoms with van der Waals surface area (Å²) in [4.78, 5) is 24.3. The summed E-state index contributed by atoms with van der Waals surface area (Å²) in [6.07, 6.45) is -1.92. The number of hydrogen-bond acceptors (Lipinski definition) is 5. The Morgan fingerprint density at radius 3 is 2.43 bits per heavy atom. The van der Waals surface area contributed by atoms with Gasteiger partial charge < -0.3 is 25.2 Å². The first-order valence-electron chi connectivity index (χ1n) is 8.67. The van der Waals surface area contributed by atoms with E-state index < -0.39 is 24.1 Å². The quantitative estimate of drug-likeness (QED) is 0.594. The molecule has 0 saturated heterocycles. The normalized spacial score (nSPS) is 12.7. The van der Waals surface area contributed by atoms with Crippen LogP contribution in [-0.4, -0.2) is 43.5 Å². The van der Waals surface area contributed by atoms with Crippen molar-refractivity contribution in [3.8, 4) is 0 Å². The van der Waals surface area contributed by atoms with Gasteiger partial charge in [0.1, 0.15) is 18.8 Å². The summed E-state index contributed by atoms with van der Waals surface area (Å²) in [5, 5.41) is 15.7. The van der Waals surface area contributed by atoms with Gasteiger partial charge in [-0.25, -0.2) is 4.79 Å². The van der Waals surface area contributed by atoms with Crippen LogP contribution in [0.25, 0.3) is 0 Å². The highest BCUT2D eigenvalue weighted by atomic mass is 35.5. The molecule has 7 nitrogen and oxygen atoms in total. The fourth-order valence-corrected chi connectivity index (χ4v) is 2.69. The van der Waals surface area contributed by atoms with Gasteiger partial charge in [0.15, 0.2) is 0 Å². The van der Waals surface area contributed by atoms with Crippen LogP contribution in [0.1, 0.15) is 17.2 Å². The fourth-order valence-electron chi connectivity index (χ4n) is 2.43. The first-order chi connectivity index (χ1) is 13.5. The van der Waals surface area contributed by atoms with Crippen LogP contribution >= 0.6 is 11.6 Å². The molecule has 28 heavy (non-hydrogen) atoms. The Labute approximate surface area is 168 Å². The molecule has 0 aromatic heterocycles. The zero-order chi connectivity index (χ0) is 20.4. The highest BCUT2D eigenvalue weighted by Crippen LogP contribution is 2.22. The van der Waals surface area contributed by atoms with Crippen LogP contribution in [0.2, 0.25) is 5.02 Å². The van der Waals surface area contributed by atoms with E-state index in [4.69, 9.17) is 21.1 Å². The number of ether oxygens (including phenoxy) is 2. The van der Waals surface area contributed by atoms with Gasteiger partial charge >= 0.3 is 6.09 Å². The molecule has 3 N–H and O–H groups in total. The Bertz CT molecular complexity index is 772. The van der Waals surface area contributed by atoms with Gasteiger partial charge in [-0.3, -0.25) is 4.79 Å². The van der Waals surface area contributed by atoms with Crippen LogP contribution in [-0.2, 0) is 20.8 Å². The Kier molecular flexibility index (Phi) is 8.74. The maximum atomic E-state index is 12.3. The molecule has 0 aliphatic rings. The second-order valence-electron chi connectivity index (χ2n) is 5.99. The average Bonchev–Trinajstić information content (AvgIpc) is 2.71. The summed E-state index contributed by atoms with van der Waals surface area (Å²) in [5.74, 6) is -0.408. The minimum atomic E-state index is -1.08. The Hall–Kier alpha value is -2.61. The van der Waals surface area contributed by atoms with Crippen LogP contribution in [0.15, 0.2) is 54.6 Å². The maximum Gasteiger partial charge on any atom is 0.407 e. The molecule has 0 radical (unpaired) electrons. The van der Waals surface area contributed by atoms with E-state index in [0.29, 0.717) is 17.1 Å². The number of benzene rings is 2. The van der Waals surface area contributed by atoms with Gasteiger partial charge in [0.25, 0.3) is 0 Å². The number of methoxy groups -OCH3 is 1. The molecule has 0 spiro atoms. The lowest BCUT2D eigenvalue weighted by Gasteiger charge is -2.19. The standard InChI is InChI=1S/C20H23ClN2O5/c1-27-12-17(19(25)22-11-14-7-3-2-4-8-14)23-20(26)28-13-18(24)15-9-5-6-10-16(15)21/h2-10,17-18,24H,11-13H2,1H3,(H,22,25)(H,23,26)/t17-,18-/m1/s1. The molecule has 2 amide bonds. The topological polar surface area (TPSA) is 96.9 Å². The average molecular weight is 407 g/mol. The Morgan fingerprint density at radius 2 is 1.75 bits per heavy atom. The number of rotatable bonds is 9. The third-order valence-corrected chi connectivity index (χ3v) is 4.23. The largest absolute Gasteiger partial charge is 0.446 e. The minimum absolute atomic E-state index is 0.0250. The molecule has 0 fully saturated rings. The summed E-state index contributed by atoms with van der Waals surface area (Å²) in [5.41, 5.74) is 1.38. The fraction of sp³-hybridized carbons (Fsp3) is 0.300. The molecule has 2 atom stereocenters. The van der Waals surface area contributed by atoms with E-state index in [1.165, 1.54) is 7.11 Å². The predicted octanol–water partition coefficient (Wildman–Crippen LogP) is 2.43. The van der Waals surface area contributed by atoms with Crippen LogP contribution in [0.4, 0.5) is 4.79 Å². The van der Waals surface area contributed by atoms with Crippen LogP contribution in [0, 0.1) is 0 Å². The van der Waals surface area contributed by atoms with Crippen molar-refractivity contribution in [2.24, 2.45) is 0 Å². The van der Waals surface area contributed by atoms with Crippen molar-refractivity contribution in [1.82, 2.24) is 10.6 Å². The molecular weight excluding hydrogens is 384 g/mol. The number of aliphatic hydroxyl groups excluding tert-OH is 1. The minimum Gasteiger partial charge on any atom is -0.446 e. The number of hydrogen-bond donors (Lipinski definition) is 3. The van der Waals surface area contributed by atoms with Crippen LogP contribution in [0.3, 0.4) is 0 Å². The van der Waals surface area contributed by atoms with E-state index in [2.05, 4.69) is 10.6 Å². The van der Waals surface area contributed by atoms with Gasteiger partial charge in [-0.15, -0.1) is 0 Å². The van der Waals surface area contributed by atoms with Gasteiger partial charge in [-0.1, -0.05) is 60.1 Å². The molecule has 8 heteroatoms. The number of halogens is 1. The molecule has 0 saturated carbocycles. The number of aliphatic hydroxyl groups is 1. The van der Waals surface area contributed by atoms with Gasteiger partial charge in [0, 0.05) is 24.2 Å². The van der Waals surface area contributed by atoms with E-state index in [9.17, 15) is 14.7 Å². The summed E-state index contributed by atoms with van der Waals surface area (Å²) >= 11 is 6.00. The lowest BCUT2D eigenvalue weighted by molar-refractivity contribution is -0.124. The van der Waals surface area contributed by atoms with Crippen LogP contribution in [0.5, 0.6) is 0 Å². The second-order valence-corrected chi connectivity index (χ2v) is 6.40. The molecular formula is C20H23ClN2O5. The number of carbonyl (C=O) groups is 2. The van der Waals surface area contributed by atoms with Crippen LogP contribution < -0.4 is 10.6 Å². The van der Waals surface area contributed by atoms with Gasteiger partial charge in [0.05, 0.1) is 6.61 Å². The number of alkyl carbamates (subject to hydrolysis) is 1. The van der Waals surface area contributed by atoms with Crippen molar-refractivity contribution in [2.45, 2.75) is 18.7 Å². The van der Waals surface area contributed by atoms with E-state index >= 15 is 0 Å². The van der Waals surface area contributed by atoms with E-state index in [0.717, 1.165) is 5.56 Å². The SMILES string of the molecule is COC[C@@H](NC(=O)OC[C@@H](O)c1ccccc1Cl)C(=O)NCc1ccccc1. The summed E-state index contributed by atoms with van der Waals surface area (Å²) in [6, 6.07) is 15.2. The zero-order valence-electron chi connectivity index (χ0n) is 15.4. The first-order valence-corrected chi connectivity index (χ1v) is 9.05. The van der Waals surface area contributed by atoms with Crippen molar-refractivity contribution in [3.63, 3.8) is 0 Å².